The molecule has 0 aliphatic heterocycles. The van der Waals surface area contributed by atoms with Crippen molar-refractivity contribution in [3.05, 3.63) is 65.0 Å². The third-order valence-electron chi connectivity index (χ3n) is 4.91. The first-order valence-corrected chi connectivity index (χ1v) is 12.8. The van der Waals surface area contributed by atoms with Gasteiger partial charge < -0.3 is 4.74 Å². The summed E-state index contributed by atoms with van der Waals surface area (Å²) < 4.78 is 7.60. The Morgan fingerprint density at radius 2 is 1.76 bits per heavy atom. The Labute approximate surface area is 205 Å². The summed E-state index contributed by atoms with van der Waals surface area (Å²) in [6.45, 7) is 8.39. The molecule has 1 N–H and O–H groups in total. The number of carbonyl (C=O) groups is 1. The molecular formula is C26H31N3O2S2. The van der Waals surface area contributed by atoms with Crippen LogP contribution < -0.4 is 10.1 Å². The fraction of sp³-hybridized carbons (Fsp3) is 0.308. The average Bonchev–Trinajstić information content (AvgIpc) is 3.29. The van der Waals surface area contributed by atoms with E-state index in [0.29, 0.717) is 10.7 Å². The monoisotopic (exact) mass is 481 g/mol. The van der Waals surface area contributed by atoms with Crippen molar-refractivity contribution in [2.45, 2.75) is 38.5 Å². The van der Waals surface area contributed by atoms with Crippen molar-refractivity contribution >= 4 is 40.4 Å². The summed E-state index contributed by atoms with van der Waals surface area (Å²) in [7, 11) is 1.64. The number of nitrogens with zero attached hydrogens (tertiary/aromatic N) is 2. The number of amides is 1. The van der Waals surface area contributed by atoms with Gasteiger partial charge in [-0.2, -0.15) is 0 Å². The lowest BCUT2D eigenvalue weighted by Gasteiger charge is -2.19. The first-order valence-electron chi connectivity index (χ1n) is 11.1. The number of aromatic nitrogens is 1. The highest BCUT2D eigenvalue weighted by Crippen LogP contribution is 2.27. The van der Waals surface area contributed by atoms with Crippen LogP contribution in [0.1, 0.15) is 39.2 Å². The Morgan fingerprint density at radius 1 is 1.09 bits per heavy atom. The van der Waals surface area contributed by atoms with Crippen LogP contribution in [-0.2, 0) is 4.79 Å². The van der Waals surface area contributed by atoms with Gasteiger partial charge in [-0.25, -0.2) is 9.29 Å². The van der Waals surface area contributed by atoms with Gasteiger partial charge in [0.1, 0.15) is 5.75 Å². The second kappa shape index (κ2) is 12.6. The van der Waals surface area contributed by atoms with E-state index in [0.717, 1.165) is 48.5 Å². The molecule has 174 valence electrons. The van der Waals surface area contributed by atoms with Crippen molar-refractivity contribution in [3.63, 3.8) is 0 Å². The maximum Gasteiger partial charge on any atom is 0.253 e. The summed E-state index contributed by atoms with van der Waals surface area (Å²) >= 11 is 3.21. The minimum atomic E-state index is -0.152. The highest BCUT2D eigenvalue weighted by Gasteiger charge is 2.10. The highest BCUT2D eigenvalue weighted by atomic mass is 32.2. The standard InChI is InChI=1S/C26H31N3O2S2/c1-5-15-29(16-6-2)33-23-13-7-20(8-14-23)17-19(3)25(30)28-26-27-24(18-32-26)21-9-11-22(31-4)12-10-21/h7-14,17-18H,5-6,15-16H2,1-4H3,(H,27,28,30)/b19-17+. The van der Waals surface area contributed by atoms with Gasteiger partial charge in [-0.1, -0.05) is 26.0 Å². The second-order valence-electron chi connectivity index (χ2n) is 7.64. The molecule has 3 rings (SSSR count). The predicted octanol–water partition coefficient (Wildman–Crippen LogP) is 6.99. The topological polar surface area (TPSA) is 54.5 Å². The molecule has 0 fully saturated rings. The van der Waals surface area contributed by atoms with Crippen LogP contribution in [0.5, 0.6) is 5.75 Å². The molecule has 0 bridgehead atoms. The number of ether oxygens (including phenoxy) is 1. The molecule has 7 heteroatoms. The number of methoxy groups -OCH3 is 1. The van der Waals surface area contributed by atoms with E-state index in [9.17, 15) is 4.79 Å². The van der Waals surface area contributed by atoms with E-state index >= 15 is 0 Å². The number of anilines is 1. The predicted molar refractivity (Wildman–Crippen MR) is 141 cm³/mol. The van der Waals surface area contributed by atoms with Gasteiger partial charge in [0.05, 0.1) is 12.8 Å². The van der Waals surface area contributed by atoms with Crippen LogP contribution in [0.4, 0.5) is 5.13 Å². The van der Waals surface area contributed by atoms with Crippen molar-refractivity contribution in [1.29, 1.82) is 0 Å². The highest BCUT2D eigenvalue weighted by molar-refractivity contribution is 7.97. The summed E-state index contributed by atoms with van der Waals surface area (Å²) in [5.74, 6) is 0.648. The maximum atomic E-state index is 12.7. The number of thiazole rings is 1. The molecule has 0 spiro atoms. The van der Waals surface area contributed by atoms with Crippen molar-refractivity contribution in [3.8, 4) is 17.0 Å². The first kappa shape index (κ1) is 25.0. The van der Waals surface area contributed by atoms with Crippen molar-refractivity contribution in [1.82, 2.24) is 9.29 Å². The molecular weight excluding hydrogens is 450 g/mol. The molecule has 0 radical (unpaired) electrons. The summed E-state index contributed by atoms with van der Waals surface area (Å²) in [6, 6.07) is 16.0. The molecule has 3 aromatic rings. The lowest BCUT2D eigenvalue weighted by atomic mass is 10.1. The third-order valence-corrected chi connectivity index (χ3v) is 6.78. The normalized spacial score (nSPS) is 11.6. The van der Waals surface area contributed by atoms with E-state index in [2.05, 4.69) is 52.7 Å². The first-order chi connectivity index (χ1) is 16.0. The van der Waals surface area contributed by atoms with Gasteiger partial charge in [0.2, 0.25) is 0 Å². The third kappa shape index (κ3) is 7.45. The zero-order valence-corrected chi connectivity index (χ0v) is 21.3. The Morgan fingerprint density at radius 3 is 2.36 bits per heavy atom. The molecule has 5 nitrogen and oxygen atoms in total. The van der Waals surface area contributed by atoms with Gasteiger partial charge >= 0.3 is 0 Å². The number of benzene rings is 2. The molecule has 33 heavy (non-hydrogen) atoms. The zero-order valence-electron chi connectivity index (χ0n) is 19.6. The van der Waals surface area contributed by atoms with Gasteiger partial charge in [-0.3, -0.25) is 10.1 Å². The summed E-state index contributed by atoms with van der Waals surface area (Å²) in [4.78, 5) is 18.4. The minimum Gasteiger partial charge on any atom is -0.497 e. The molecule has 0 aliphatic rings. The summed E-state index contributed by atoms with van der Waals surface area (Å²) in [5.41, 5.74) is 3.44. The number of carbonyl (C=O) groups excluding carboxylic acids is 1. The Hall–Kier alpha value is -2.61. The van der Waals surface area contributed by atoms with E-state index in [1.165, 1.54) is 16.2 Å². The van der Waals surface area contributed by atoms with Gasteiger partial charge in [0.25, 0.3) is 5.91 Å². The van der Waals surface area contributed by atoms with E-state index in [1.807, 2.05) is 42.6 Å². The Balaban J connectivity index is 1.60. The van der Waals surface area contributed by atoms with Crippen molar-refractivity contribution in [2.75, 3.05) is 25.5 Å². The number of hydrogen-bond donors (Lipinski definition) is 1. The van der Waals surface area contributed by atoms with Crippen LogP contribution in [0.25, 0.3) is 17.3 Å². The molecule has 1 aromatic heterocycles. The van der Waals surface area contributed by atoms with E-state index in [1.54, 1.807) is 19.1 Å². The molecule has 0 aliphatic carbocycles. The number of nitrogens with one attached hydrogen (secondary N) is 1. The summed E-state index contributed by atoms with van der Waals surface area (Å²) in [6.07, 6.45) is 4.18. The fourth-order valence-corrected chi connectivity index (χ4v) is 5.03. The van der Waals surface area contributed by atoms with E-state index in [-0.39, 0.29) is 5.91 Å². The molecule has 0 atom stereocenters. The van der Waals surface area contributed by atoms with Gasteiger partial charge in [0, 0.05) is 34.5 Å². The molecule has 0 saturated carbocycles. The van der Waals surface area contributed by atoms with Crippen LogP contribution in [0.3, 0.4) is 0 Å². The Kier molecular flexibility index (Phi) is 9.54. The maximum absolute atomic E-state index is 12.7. The van der Waals surface area contributed by atoms with Gasteiger partial charge in [-0.05, 0) is 79.8 Å². The fourth-order valence-electron chi connectivity index (χ4n) is 3.21. The SMILES string of the molecule is CCCN(CCC)Sc1ccc(/C=C(\C)C(=O)Nc2nc(-c3ccc(OC)cc3)cs2)cc1. The van der Waals surface area contributed by atoms with Gasteiger partial charge in [0.15, 0.2) is 5.13 Å². The molecule has 1 amide bonds. The van der Waals surface area contributed by atoms with Crippen LogP contribution in [-0.4, -0.2) is 35.4 Å². The van der Waals surface area contributed by atoms with Gasteiger partial charge in [-0.15, -0.1) is 11.3 Å². The quantitative estimate of drug-likeness (QED) is 0.236. The molecule has 0 unspecified atom stereocenters. The van der Waals surface area contributed by atoms with Crippen molar-refractivity contribution < 1.29 is 9.53 Å². The lowest BCUT2D eigenvalue weighted by molar-refractivity contribution is -0.112. The van der Waals surface area contributed by atoms with Crippen LogP contribution in [0.2, 0.25) is 0 Å². The minimum absolute atomic E-state index is 0.152. The molecule has 2 aromatic carbocycles. The molecule has 1 heterocycles. The second-order valence-corrected chi connectivity index (χ2v) is 9.67. The largest absolute Gasteiger partial charge is 0.497 e. The molecule has 0 saturated heterocycles. The number of rotatable bonds is 11. The van der Waals surface area contributed by atoms with Crippen LogP contribution >= 0.6 is 23.3 Å². The van der Waals surface area contributed by atoms with Crippen LogP contribution in [0, 0.1) is 0 Å². The summed E-state index contributed by atoms with van der Waals surface area (Å²) in [5, 5.41) is 5.42. The van der Waals surface area contributed by atoms with E-state index < -0.39 is 0 Å². The van der Waals surface area contributed by atoms with Crippen molar-refractivity contribution in [2.24, 2.45) is 0 Å². The lowest BCUT2D eigenvalue weighted by Crippen LogP contribution is -2.17. The number of hydrogen-bond acceptors (Lipinski definition) is 6. The van der Waals surface area contributed by atoms with E-state index in [4.69, 9.17) is 4.74 Å². The Bertz CT molecular complexity index is 1050. The zero-order chi connectivity index (χ0) is 23.6. The smallest absolute Gasteiger partial charge is 0.253 e. The average molecular weight is 482 g/mol. The van der Waals surface area contributed by atoms with Crippen LogP contribution in [0.15, 0.2) is 64.4 Å².